The number of hydrogen-bond donors (Lipinski definition) is 0. The second-order valence-electron chi connectivity index (χ2n) is 9.29. The molecule has 0 aromatic heterocycles. The summed E-state index contributed by atoms with van der Waals surface area (Å²) >= 11 is 0. The zero-order chi connectivity index (χ0) is 21.7. The van der Waals surface area contributed by atoms with Crippen LogP contribution in [0, 0.1) is 11.8 Å². The normalized spacial score (nSPS) is 41.6. The van der Waals surface area contributed by atoms with Crippen LogP contribution in [0.1, 0.15) is 39.2 Å². The predicted octanol–water partition coefficient (Wildman–Crippen LogP) is 2.89. The molecule has 7 heteroatoms. The molecular formula is C24H26N2O5. The number of piperidine rings is 4. The number of carbonyl (C=O) groups is 2. The molecule has 5 fully saturated rings. The zero-order valence-electron chi connectivity index (χ0n) is 18.1. The first-order valence-corrected chi connectivity index (χ1v) is 11.0. The lowest BCUT2D eigenvalue weighted by atomic mass is 9.66. The highest BCUT2D eigenvalue weighted by atomic mass is 16.6. The fourth-order valence-electron chi connectivity index (χ4n) is 7.30. The Bertz CT molecular complexity index is 1080. The Hall–Kier alpha value is -2.67. The lowest BCUT2D eigenvalue weighted by Gasteiger charge is -2.58. The van der Waals surface area contributed by atoms with Gasteiger partial charge in [0.05, 0.1) is 30.0 Å². The summed E-state index contributed by atoms with van der Waals surface area (Å²) in [5.41, 5.74) is 3.75. The summed E-state index contributed by atoms with van der Waals surface area (Å²) in [5, 5.41) is 0. The molecule has 6 aliphatic rings. The van der Waals surface area contributed by atoms with Crippen LogP contribution in [0.15, 0.2) is 34.8 Å². The molecule has 5 heterocycles. The number of methoxy groups -OCH3 is 1. The highest BCUT2D eigenvalue weighted by molar-refractivity contribution is 6.08. The van der Waals surface area contributed by atoms with Gasteiger partial charge in [-0.2, -0.15) is 0 Å². The molecule has 0 amide bonds. The number of aliphatic imine (C=N–C) groups is 1. The standard InChI is InChI=1S/C24H26N2O5/c1-5-14-15-9-18-21-24(16-8-13(29-4)6-7-17(16)25-21)10-19(20(15)22(24)30-11(2)27)26(18)23(14)31-12(3)28/h5-8,15,18-20,22-23H,9-10H2,1-4H3/b14-5+/t15-,18-,19-,20?,22?,23+,24+/m0/s1. The molecule has 1 aromatic carbocycles. The molecule has 0 N–H and O–H groups in total. The minimum absolute atomic E-state index is 0.0620. The Morgan fingerprint density at radius 1 is 1.23 bits per heavy atom. The van der Waals surface area contributed by atoms with E-state index in [1.165, 1.54) is 13.8 Å². The van der Waals surface area contributed by atoms with Crippen LogP contribution >= 0.6 is 0 Å². The van der Waals surface area contributed by atoms with Gasteiger partial charge in [-0.3, -0.25) is 19.5 Å². The molecule has 7 rings (SSSR count). The number of esters is 2. The van der Waals surface area contributed by atoms with E-state index in [9.17, 15) is 9.59 Å². The average Bonchev–Trinajstić information content (AvgIpc) is 3.19. The summed E-state index contributed by atoms with van der Waals surface area (Å²) in [6, 6.07) is 6.21. The first-order chi connectivity index (χ1) is 14.9. The predicted molar refractivity (Wildman–Crippen MR) is 112 cm³/mol. The van der Waals surface area contributed by atoms with Gasteiger partial charge in [0.1, 0.15) is 11.9 Å². The molecule has 1 aliphatic carbocycles. The molecule has 1 saturated carbocycles. The summed E-state index contributed by atoms with van der Waals surface area (Å²) in [5.74, 6) is 0.566. The summed E-state index contributed by atoms with van der Waals surface area (Å²) in [7, 11) is 1.66. The minimum Gasteiger partial charge on any atom is -0.497 e. The lowest BCUT2D eigenvalue weighted by Crippen LogP contribution is -2.68. The monoisotopic (exact) mass is 422 g/mol. The van der Waals surface area contributed by atoms with E-state index >= 15 is 0 Å². The van der Waals surface area contributed by atoms with Crippen LogP contribution in [0.2, 0.25) is 0 Å². The summed E-state index contributed by atoms with van der Waals surface area (Å²) < 4.78 is 17.5. The van der Waals surface area contributed by atoms with Gasteiger partial charge < -0.3 is 14.2 Å². The van der Waals surface area contributed by atoms with Gasteiger partial charge in [-0.1, -0.05) is 6.08 Å². The number of benzene rings is 1. The van der Waals surface area contributed by atoms with E-state index in [2.05, 4.69) is 17.0 Å². The molecule has 8 atom stereocenters. The van der Waals surface area contributed by atoms with E-state index in [1.54, 1.807) is 7.11 Å². The number of hydrogen-bond acceptors (Lipinski definition) is 7. The molecule has 1 aromatic rings. The first kappa shape index (κ1) is 19.0. The van der Waals surface area contributed by atoms with Crippen molar-refractivity contribution in [3.8, 4) is 5.75 Å². The maximum atomic E-state index is 12.3. The summed E-state index contributed by atoms with van der Waals surface area (Å²) in [6.07, 6.45) is 3.11. The molecule has 3 unspecified atom stereocenters. The van der Waals surface area contributed by atoms with Crippen molar-refractivity contribution < 1.29 is 23.8 Å². The van der Waals surface area contributed by atoms with Crippen molar-refractivity contribution in [3.05, 3.63) is 35.4 Å². The number of ether oxygens (including phenoxy) is 3. The van der Waals surface area contributed by atoms with Crippen molar-refractivity contribution in [2.24, 2.45) is 16.8 Å². The van der Waals surface area contributed by atoms with E-state index in [1.807, 2.05) is 19.1 Å². The van der Waals surface area contributed by atoms with Gasteiger partial charge in [-0.05, 0) is 55.0 Å². The number of allylic oxidation sites excluding steroid dienone is 1. The van der Waals surface area contributed by atoms with Gasteiger partial charge in [-0.15, -0.1) is 0 Å². The maximum Gasteiger partial charge on any atom is 0.304 e. The Morgan fingerprint density at radius 3 is 2.68 bits per heavy atom. The van der Waals surface area contributed by atoms with Crippen molar-refractivity contribution in [2.75, 3.05) is 7.11 Å². The smallest absolute Gasteiger partial charge is 0.304 e. The van der Waals surface area contributed by atoms with Crippen LogP contribution < -0.4 is 4.74 Å². The molecule has 1 spiro atoms. The van der Waals surface area contributed by atoms with Crippen molar-refractivity contribution in [1.82, 2.24) is 4.90 Å². The van der Waals surface area contributed by atoms with Crippen LogP contribution in [0.4, 0.5) is 5.69 Å². The van der Waals surface area contributed by atoms with E-state index in [0.717, 1.165) is 41.1 Å². The lowest BCUT2D eigenvalue weighted by molar-refractivity contribution is -0.175. The van der Waals surface area contributed by atoms with E-state index in [0.29, 0.717) is 0 Å². The third-order valence-corrected chi connectivity index (χ3v) is 8.08. The number of rotatable bonds is 3. The zero-order valence-corrected chi connectivity index (χ0v) is 18.1. The molecule has 162 valence electrons. The summed E-state index contributed by atoms with van der Waals surface area (Å²) in [4.78, 5) is 31.7. The van der Waals surface area contributed by atoms with E-state index in [-0.39, 0.29) is 48.2 Å². The molecule has 5 aliphatic heterocycles. The molecule has 5 bridgehead atoms. The Kier molecular flexibility index (Phi) is 3.80. The van der Waals surface area contributed by atoms with Crippen molar-refractivity contribution in [3.63, 3.8) is 0 Å². The topological polar surface area (TPSA) is 77.4 Å². The van der Waals surface area contributed by atoms with Gasteiger partial charge in [0.25, 0.3) is 0 Å². The maximum absolute atomic E-state index is 12.3. The average molecular weight is 422 g/mol. The van der Waals surface area contributed by atoms with Gasteiger partial charge in [-0.25, -0.2) is 0 Å². The van der Waals surface area contributed by atoms with Crippen LogP contribution in [-0.2, 0) is 24.5 Å². The first-order valence-electron chi connectivity index (χ1n) is 11.0. The second-order valence-corrected chi connectivity index (χ2v) is 9.29. The van der Waals surface area contributed by atoms with Crippen LogP contribution in [0.3, 0.4) is 0 Å². The number of nitrogens with zero attached hydrogens (tertiary/aromatic N) is 2. The van der Waals surface area contributed by atoms with Crippen LogP contribution in [0.25, 0.3) is 0 Å². The van der Waals surface area contributed by atoms with Crippen molar-refractivity contribution >= 4 is 23.3 Å². The molecule has 0 radical (unpaired) electrons. The van der Waals surface area contributed by atoms with Gasteiger partial charge in [0.15, 0.2) is 6.23 Å². The Morgan fingerprint density at radius 2 is 2.00 bits per heavy atom. The fourth-order valence-corrected chi connectivity index (χ4v) is 7.30. The molecule has 7 nitrogen and oxygen atoms in total. The quantitative estimate of drug-likeness (QED) is 0.551. The van der Waals surface area contributed by atoms with Crippen LogP contribution in [-0.4, -0.2) is 54.1 Å². The largest absolute Gasteiger partial charge is 0.497 e. The number of carbonyl (C=O) groups excluding carboxylic acids is 2. The van der Waals surface area contributed by atoms with E-state index < -0.39 is 5.41 Å². The molecule has 31 heavy (non-hydrogen) atoms. The highest BCUT2D eigenvalue weighted by Crippen LogP contribution is 2.67. The highest BCUT2D eigenvalue weighted by Gasteiger charge is 2.75. The SMILES string of the molecule is C/C=C1/[C@@H](OC(C)=O)N2[C@H]3C[C@@H]1C1C(OC(C)=O)[C@@]4(C[C@@H]12)C3=Nc1ccc(OC)cc14. The minimum atomic E-state index is -0.440. The van der Waals surface area contributed by atoms with Crippen molar-refractivity contribution in [2.45, 2.75) is 63.4 Å². The Labute approximate surface area is 181 Å². The third kappa shape index (κ3) is 2.20. The fraction of sp³-hybridized carbons (Fsp3) is 0.542. The second kappa shape index (κ2) is 6.19. The molecule has 4 saturated heterocycles. The number of fused-ring (bicyclic) bond motifs is 2. The van der Waals surface area contributed by atoms with Crippen molar-refractivity contribution in [1.29, 1.82) is 0 Å². The Balaban J connectivity index is 1.57. The molecular weight excluding hydrogens is 396 g/mol. The van der Waals surface area contributed by atoms with Crippen LogP contribution in [0.5, 0.6) is 5.75 Å². The van der Waals surface area contributed by atoms with Gasteiger partial charge in [0.2, 0.25) is 0 Å². The summed E-state index contributed by atoms with van der Waals surface area (Å²) in [6.45, 7) is 4.95. The van der Waals surface area contributed by atoms with E-state index in [4.69, 9.17) is 19.2 Å². The third-order valence-electron chi connectivity index (χ3n) is 8.08. The van der Waals surface area contributed by atoms with Gasteiger partial charge >= 0.3 is 11.9 Å². The van der Waals surface area contributed by atoms with Gasteiger partial charge in [0, 0.05) is 25.8 Å².